The van der Waals surface area contributed by atoms with Gasteiger partial charge in [-0.25, -0.2) is 0 Å². The molecule has 1 unspecified atom stereocenters. The fourth-order valence-corrected chi connectivity index (χ4v) is 3.07. The Morgan fingerprint density at radius 3 is 2.20 bits per heavy atom. The first-order chi connectivity index (χ1) is 9.47. The number of carbonyl (C=O) groups excluding carboxylic acids is 1. The summed E-state index contributed by atoms with van der Waals surface area (Å²) < 4.78 is 12.1. The van der Waals surface area contributed by atoms with Gasteiger partial charge in [0.1, 0.15) is 0 Å². The van der Waals surface area contributed by atoms with Crippen LogP contribution in [-0.4, -0.2) is 15.7 Å². The zero-order valence-corrected chi connectivity index (χ0v) is 13.2. The maximum atomic E-state index is 12.1. The van der Waals surface area contributed by atoms with Crippen LogP contribution >= 0.6 is 34.8 Å². The first-order valence-electron chi connectivity index (χ1n) is 5.59. The van der Waals surface area contributed by atoms with Crippen molar-refractivity contribution in [2.45, 2.75) is 4.90 Å². The Morgan fingerprint density at radius 1 is 0.950 bits per heavy atom. The van der Waals surface area contributed by atoms with E-state index in [2.05, 4.69) is 0 Å². The molecule has 2 rings (SSSR count). The summed E-state index contributed by atoms with van der Waals surface area (Å²) in [6.07, 6.45) is 0. The average Bonchev–Trinajstić information content (AvgIpc) is 2.42. The molecule has 0 fully saturated rings. The molecule has 0 aliphatic rings. The normalized spacial score (nSPS) is 12.2. The molecule has 0 heterocycles. The fourth-order valence-electron chi connectivity index (χ4n) is 1.54. The van der Waals surface area contributed by atoms with Crippen LogP contribution in [0, 0.1) is 0 Å². The third-order valence-electron chi connectivity index (χ3n) is 2.58. The van der Waals surface area contributed by atoms with E-state index in [4.69, 9.17) is 34.8 Å². The number of carbonyl (C=O) groups is 1. The Labute approximate surface area is 134 Å². The van der Waals surface area contributed by atoms with Crippen molar-refractivity contribution in [3.63, 3.8) is 0 Å². The predicted molar refractivity (Wildman–Crippen MR) is 83.5 cm³/mol. The fraction of sp³-hybridized carbons (Fsp3) is 0.0714. The topological polar surface area (TPSA) is 34.1 Å². The molecule has 2 aromatic carbocycles. The molecule has 20 heavy (non-hydrogen) atoms. The summed E-state index contributed by atoms with van der Waals surface area (Å²) in [5, 5.41) is 1.25. The molecule has 0 saturated carbocycles. The summed E-state index contributed by atoms with van der Waals surface area (Å²) in [7, 11) is -1.46. The second kappa shape index (κ2) is 6.72. The highest BCUT2D eigenvalue weighted by atomic mass is 35.5. The van der Waals surface area contributed by atoms with Gasteiger partial charge < -0.3 is 0 Å². The van der Waals surface area contributed by atoms with Crippen molar-refractivity contribution in [3.05, 3.63) is 63.1 Å². The number of rotatable bonds is 4. The van der Waals surface area contributed by atoms with Crippen LogP contribution in [0.5, 0.6) is 0 Å². The third-order valence-corrected chi connectivity index (χ3v) is 4.88. The van der Waals surface area contributed by atoms with Crippen molar-refractivity contribution in [1.82, 2.24) is 0 Å². The van der Waals surface area contributed by atoms with Gasteiger partial charge in [-0.3, -0.25) is 9.00 Å². The summed E-state index contributed by atoms with van der Waals surface area (Å²) in [4.78, 5) is 12.5. The molecule has 104 valence electrons. The molecule has 0 bridgehead atoms. The van der Waals surface area contributed by atoms with Gasteiger partial charge in [0.2, 0.25) is 0 Å². The van der Waals surface area contributed by atoms with Gasteiger partial charge in [-0.1, -0.05) is 34.8 Å². The van der Waals surface area contributed by atoms with Crippen molar-refractivity contribution in [1.29, 1.82) is 0 Å². The highest BCUT2D eigenvalue weighted by molar-refractivity contribution is 7.85. The lowest BCUT2D eigenvalue weighted by molar-refractivity contribution is 0.102. The summed E-state index contributed by atoms with van der Waals surface area (Å²) in [6, 6.07) is 11.1. The van der Waals surface area contributed by atoms with Crippen molar-refractivity contribution in [2.75, 3.05) is 5.75 Å². The SMILES string of the molecule is O=C(CS(=O)c1ccc(Cl)c(Cl)c1)c1ccc(Cl)cc1. The number of halogens is 3. The molecule has 2 nitrogen and oxygen atoms in total. The lowest BCUT2D eigenvalue weighted by Crippen LogP contribution is -2.11. The Morgan fingerprint density at radius 2 is 1.60 bits per heavy atom. The van der Waals surface area contributed by atoms with Gasteiger partial charge in [-0.05, 0) is 42.5 Å². The molecule has 0 amide bonds. The Bertz CT molecular complexity index is 669. The summed E-state index contributed by atoms with van der Waals surface area (Å²) in [5.41, 5.74) is 0.475. The minimum atomic E-state index is -1.46. The van der Waals surface area contributed by atoms with E-state index in [-0.39, 0.29) is 11.5 Å². The highest BCUT2D eigenvalue weighted by Crippen LogP contribution is 2.24. The van der Waals surface area contributed by atoms with Gasteiger partial charge in [0.05, 0.1) is 26.6 Å². The number of ketones is 1. The number of hydrogen-bond acceptors (Lipinski definition) is 2. The lowest BCUT2D eigenvalue weighted by Gasteiger charge is -2.04. The number of hydrogen-bond donors (Lipinski definition) is 0. The predicted octanol–water partition coefficient (Wildman–Crippen LogP) is 4.64. The maximum Gasteiger partial charge on any atom is 0.175 e. The summed E-state index contributed by atoms with van der Waals surface area (Å²) in [6.45, 7) is 0. The zero-order chi connectivity index (χ0) is 14.7. The van der Waals surface area contributed by atoms with E-state index in [1.165, 1.54) is 6.07 Å². The summed E-state index contributed by atoms with van der Waals surface area (Å²) >= 11 is 17.4. The van der Waals surface area contributed by atoms with Crippen LogP contribution < -0.4 is 0 Å². The van der Waals surface area contributed by atoms with Crippen molar-refractivity contribution < 1.29 is 9.00 Å². The number of Topliss-reactive ketones (excluding diaryl/α,β-unsaturated/α-hetero) is 1. The van der Waals surface area contributed by atoms with Crippen molar-refractivity contribution >= 4 is 51.4 Å². The molecular formula is C14H9Cl3O2S. The van der Waals surface area contributed by atoms with Crippen LogP contribution in [0.4, 0.5) is 0 Å². The highest BCUT2D eigenvalue weighted by Gasteiger charge is 2.13. The molecule has 1 atom stereocenters. The largest absolute Gasteiger partial charge is 0.293 e. The first kappa shape index (κ1) is 15.5. The monoisotopic (exact) mass is 346 g/mol. The Kier molecular flexibility index (Phi) is 5.22. The molecule has 0 aromatic heterocycles. The third kappa shape index (κ3) is 3.83. The summed E-state index contributed by atoms with van der Waals surface area (Å²) in [5.74, 6) is -0.328. The second-order valence-electron chi connectivity index (χ2n) is 4.00. The Balaban J connectivity index is 2.13. The average molecular weight is 348 g/mol. The molecule has 0 aliphatic carbocycles. The molecule has 0 spiro atoms. The Hall–Kier alpha value is -0.870. The van der Waals surface area contributed by atoms with Crippen molar-refractivity contribution in [2.24, 2.45) is 0 Å². The van der Waals surface area contributed by atoms with Crippen LogP contribution in [0.2, 0.25) is 15.1 Å². The van der Waals surface area contributed by atoms with E-state index < -0.39 is 10.8 Å². The molecule has 6 heteroatoms. The van der Waals surface area contributed by atoms with Gasteiger partial charge in [-0.15, -0.1) is 0 Å². The maximum absolute atomic E-state index is 12.1. The minimum Gasteiger partial charge on any atom is -0.293 e. The molecule has 0 aliphatic heterocycles. The zero-order valence-electron chi connectivity index (χ0n) is 10.1. The van der Waals surface area contributed by atoms with Crippen LogP contribution in [0.25, 0.3) is 0 Å². The smallest absolute Gasteiger partial charge is 0.175 e. The minimum absolute atomic E-state index is 0.112. The van der Waals surface area contributed by atoms with E-state index in [9.17, 15) is 9.00 Å². The molecule has 0 N–H and O–H groups in total. The van der Waals surface area contributed by atoms with Gasteiger partial charge in [0.15, 0.2) is 5.78 Å². The first-order valence-corrected chi connectivity index (χ1v) is 8.05. The van der Waals surface area contributed by atoms with Gasteiger partial charge in [0, 0.05) is 15.5 Å². The lowest BCUT2D eigenvalue weighted by atomic mass is 10.1. The van der Waals surface area contributed by atoms with Crippen LogP contribution in [0.15, 0.2) is 47.4 Å². The molecule has 0 saturated heterocycles. The van der Waals surface area contributed by atoms with E-state index in [0.717, 1.165) is 0 Å². The van der Waals surface area contributed by atoms with Gasteiger partial charge in [-0.2, -0.15) is 0 Å². The van der Waals surface area contributed by atoms with E-state index in [1.807, 2.05) is 0 Å². The standard InChI is InChI=1S/C14H9Cl3O2S/c15-10-3-1-9(2-4-10)14(18)8-20(19)11-5-6-12(16)13(17)7-11/h1-7H,8H2. The van der Waals surface area contributed by atoms with E-state index in [0.29, 0.717) is 25.5 Å². The second-order valence-corrected chi connectivity index (χ2v) is 6.70. The quantitative estimate of drug-likeness (QED) is 0.755. The molecule has 0 radical (unpaired) electrons. The van der Waals surface area contributed by atoms with Gasteiger partial charge >= 0.3 is 0 Å². The van der Waals surface area contributed by atoms with E-state index >= 15 is 0 Å². The van der Waals surface area contributed by atoms with Crippen LogP contribution in [0.3, 0.4) is 0 Å². The van der Waals surface area contributed by atoms with Gasteiger partial charge in [0.25, 0.3) is 0 Å². The van der Waals surface area contributed by atoms with Crippen molar-refractivity contribution in [3.8, 4) is 0 Å². The van der Waals surface area contributed by atoms with Crippen LogP contribution in [-0.2, 0) is 10.8 Å². The molecule has 2 aromatic rings. The van der Waals surface area contributed by atoms with E-state index in [1.54, 1.807) is 36.4 Å². The van der Waals surface area contributed by atoms with Crippen LogP contribution in [0.1, 0.15) is 10.4 Å². The number of benzene rings is 2. The molecular weight excluding hydrogens is 339 g/mol.